The zero-order valence-corrected chi connectivity index (χ0v) is 6.74. The molecule has 0 spiro atoms. The smallest absolute Gasteiger partial charge is 0.333 e. The molecule has 0 aliphatic carbocycles. The first kappa shape index (κ1) is 9.30. The molecule has 0 rings (SSSR count). The van der Waals surface area contributed by atoms with Gasteiger partial charge < -0.3 is 4.74 Å². The molecule has 56 valence electrons. The van der Waals surface area contributed by atoms with E-state index in [0.29, 0.717) is 18.6 Å². The Morgan fingerprint density at radius 3 is 2.80 bits per heavy atom. The molecule has 0 fully saturated rings. The number of hydrogen-bond acceptors (Lipinski definition) is 3. The van der Waals surface area contributed by atoms with Crippen LogP contribution in [-0.4, -0.2) is 17.9 Å². The Bertz CT molecular complexity index is 152. The first-order valence-corrected chi connectivity index (χ1v) is 3.42. The van der Waals surface area contributed by atoms with E-state index in [-0.39, 0.29) is 5.97 Å². The summed E-state index contributed by atoms with van der Waals surface area (Å²) in [6.45, 7) is 5.39. The van der Waals surface area contributed by atoms with Gasteiger partial charge in [0.1, 0.15) is 0 Å². The van der Waals surface area contributed by atoms with Crippen molar-refractivity contribution in [1.82, 2.24) is 0 Å². The van der Waals surface area contributed by atoms with E-state index in [1.54, 1.807) is 6.92 Å². The molecule has 0 atom stereocenters. The molecular formula is C7H10O2S. The van der Waals surface area contributed by atoms with Crippen molar-refractivity contribution < 1.29 is 9.53 Å². The molecule has 0 heterocycles. The highest BCUT2D eigenvalue weighted by atomic mass is 32.1. The lowest BCUT2D eigenvalue weighted by atomic mass is 10.4. The van der Waals surface area contributed by atoms with Crippen LogP contribution in [-0.2, 0) is 9.53 Å². The van der Waals surface area contributed by atoms with E-state index in [2.05, 4.69) is 18.8 Å². The summed E-state index contributed by atoms with van der Waals surface area (Å²) in [6, 6.07) is 0. The fraction of sp³-hybridized carbons (Fsp3) is 0.429. The van der Waals surface area contributed by atoms with Crippen LogP contribution >= 0.6 is 12.2 Å². The van der Waals surface area contributed by atoms with Crippen LogP contribution < -0.4 is 0 Å². The van der Waals surface area contributed by atoms with E-state index in [4.69, 9.17) is 4.74 Å². The Labute approximate surface area is 65.9 Å². The minimum atomic E-state index is -0.350. The molecule has 3 heteroatoms. The minimum Gasteiger partial charge on any atom is -0.462 e. The van der Waals surface area contributed by atoms with Crippen LogP contribution in [0.4, 0.5) is 0 Å². The van der Waals surface area contributed by atoms with E-state index in [9.17, 15) is 4.79 Å². The molecule has 0 aromatic carbocycles. The summed E-state index contributed by atoms with van der Waals surface area (Å²) in [7, 11) is 0. The second kappa shape index (κ2) is 5.11. The summed E-state index contributed by atoms with van der Waals surface area (Å²) >= 11 is 4.53. The third kappa shape index (κ3) is 4.21. The number of carbonyl (C=O) groups is 1. The molecule has 0 aromatic heterocycles. The molecule has 0 aliphatic rings. The van der Waals surface area contributed by atoms with Gasteiger partial charge in [0, 0.05) is 12.0 Å². The predicted molar refractivity (Wildman–Crippen MR) is 44.0 cm³/mol. The molecule has 0 bridgehead atoms. The lowest BCUT2D eigenvalue weighted by Crippen LogP contribution is -2.05. The summed E-state index contributed by atoms with van der Waals surface area (Å²) in [5, 5.41) is 1.53. The molecule has 2 nitrogen and oxygen atoms in total. The van der Waals surface area contributed by atoms with Crippen molar-refractivity contribution in [3.8, 4) is 0 Å². The second-order valence-corrected chi connectivity index (χ2v) is 2.20. The van der Waals surface area contributed by atoms with Crippen molar-refractivity contribution in [2.24, 2.45) is 0 Å². The van der Waals surface area contributed by atoms with Gasteiger partial charge in [-0.2, -0.15) is 0 Å². The van der Waals surface area contributed by atoms with Gasteiger partial charge in [-0.15, -0.1) is 0 Å². The van der Waals surface area contributed by atoms with E-state index in [1.807, 2.05) is 0 Å². The lowest BCUT2D eigenvalue weighted by Gasteiger charge is -1.99. The van der Waals surface area contributed by atoms with Gasteiger partial charge in [-0.05, 0) is 12.3 Å². The Morgan fingerprint density at radius 1 is 1.80 bits per heavy atom. The van der Waals surface area contributed by atoms with Gasteiger partial charge in [0.05, 0.1) is 6.61 Å². The Morgan fingerprint density at radius 2 is 2.40 bits per heavy atom. The lowest BCUT2D eigenvalue weighted by molar-refractivity contribution is -0.138. The largest absolute Gasteiger partial charge is 0.462 e. The summed E-state index contributed by atoms with van der Waals surface area (Å²) in [4.78, 5) is 10.6. The van der Waals surface area contributed by atoms with Gasteiger partial charge in [0.15, 0.2) is 0 Å². The molecule has 0 amide bonds. The first-order chi connectivity index (χ1) is 4.68. The third-order valence-corrected chi connectivity index (χ3v) is 1.05. The second-order valence-electron chi connectivity index (χ2n) is 1.87. The van der Waals surface area contributed by atoms with Crippen molar-refractivity contribution in [1.29, 1.82) is 0 Å². The van der Waals surface area contributed by atoms with Crippen LogP contribution in [0, 0.1) is 0 Å². The standard InChI is InChI=1S/C7H10O2S/c1-6(2)7(8)9-4-3-5-10/h5H,1,3-4H2,2H3. The van der Waals surface area contributed by atoms with E-state index in [1.165, 1.54) is 5.37 Å². The molecule has 0 aromatic rings. The van der Waals surface area contributed by atoms with Gasteiger partial charge >= 0.3 is 5.97 Å². The van der Waals surface area contributed by atoms with Gasteiger partial charge in [0.25, 0.3) is 0 Å². The first-order valence-electron chi connectivity index (χ1n) is 2.94. The topological polar surface area (TPSA) is 26.3 Å². The van der Waals surface area contributed by atoms with Crippen LogP contribution in [0.3, 0.4) is 0 Å². The summed E-state index contributed by atoms with van der Waals surface area (Å²) in [6.07, 6.45) is 0.619. The van der Waals surface area contributed by atoms with E-state index in [0.717, 1.165) is 0 Å². The Hall–Kier alpha value is -0.700. The molecule has 0 unspecified atom stereocenters. The van der Waals surface area contributed by atoms with Crippen molar-refractivity contribution in [2.45, 2.75) is 13.3 Å². The maximum absolute atomic E-state index is 10.6. The van der Waals surface area contributed by atoms with Gasteiger partial charge in [-0.25, -0.2) is 4.79 Å². The fourth-order valence-corrected chi connectivity index (χ4v) is 0.419. The van der Waals surface area contributed by atoms with Gasteiger partial charge in [-0.1, -0.05) is 18.8 Å². The van der Waals surface area contributed by atoms with Crippen LogP contribution in [0.2, 0.25) is 0 Å². The summed E-state index contributed by atoms with van der Waals surface area (Å²) in [5.41, 5.74) is 0.421. The SMILES string of the molecule is C=C(C)C(=O)OCCC=S. The average Bonchev–Trinajstić information content (AvgIpc) is 1.88. The summed E-state index contributed by atoms with van der Waals surface area (Å²) < 4.78 is 4.71. The zero-order valence-electron chi connectivity index (χ0n) is 5.92. The van der Waals surface area contributed by atoms with Crippen molar-refractivity contribution in [3.63, 3.8) is 0 Å². The normalized spacial score (nSPS) is 8.50. The molecule has 0 saturated heterocycles. The number of hydrogen-bond donors (Lipinski definition) is 0. The van der Waals surface area contributed by atoms with Crippen molar-refractivity contribution in [3.05, 3.63) is 12.2 Å². The third-order valence-electron chi connectivity index (χ3n) is 0.817. The van der Waals surface area contributed by atoms with E-state index < -0.39 is 0 Å². The monoisotopic (exact) mass is 158 g/mol. The molecule has 0 N–H and O–H groups in total. The van der Waals surface area contributed by atoms with Crippen LogP contribution in [0.5, 0.6) is 0 Å². The maximum Gasteiger partial charge on any atom is 0.333 e. The number of ether oxygens (including phenoxy) is 1. The number of rotatable bonds is 4. The highest BCUT2D eigenvalue weighted by Crippen LogP contribution is 1.91. The molecule has 10 heavy (non-hydrogen) atoms. The Kier molecular flexibility index (Phi) is 4.76. The number of carbonyl (C=O) groups excluding carboxylic acids is 1. The summed E-state index contributed by atoms with van der Waals surface area (Å²) in [5.74, 6) is -0.350. The average molecular weight is 158 g/mol. The zero-order chi connectivity index (χ0) is 7.98. The number of esters is 1. The van der Waals surface area contributed by atoms with Gasteiger partial charge in [-0.3, -0.25) is 0 Å². The fourth-order valence-electron chi connectivity index (χ4n) is 0.323. The van der Waals surface area contributed by atoms with E-state index >= 15 is 0 Å². The molecule has 0 radical (unpaired) electrons. The quantitative estimate of drug-likeness (QED) is 0.268. The van der Waals surface area contributed by atoms with Crippen molar-refractivity contribution >= 4 is 23.6 Å². The maximum atomic E-state index is 10.6. The molecule has 0 saturated carbocycles. The highest BCUT2D eigenvalue weighted by Gasteiger charge is 1.99. The van der Waals surface area contributed by atoms with Crippen LogP contribution in [0.15, 0.2) is 12.2 Å². The minimum absolute atomic E-state index is 0.350. The van der Waals surface area contributed by atoms with Crippen LogP contribution in [0.25, 0.3) is 0 Å². The van der Waals surface area contributed by atoms with Crippen molar-refractivity contribution in [2.75, 3.05) is 6.61 Å². The molecule has 0 aliphatic heterocycles. The Balaban J connectivity index is 3.40. The highest BCUT2D eigenvalue weighted by molar-refractivity contribution is 7.78. The number of thiocarbonyl (C=S) groups is 1. The predicted octanol–water partition coefficient (Wildman–Crippen LogP) is 1.50. The molecular weight excluding hydrogens is 148 g/mol. The van der Waals surface area contributed by atoms with Gasteiger partial charge in [0.2, 0.25) is 0 Å². The van der Waals surface area contributed by atoms with Crippen LogP contribution in [0.1, 0.15) is 13.3 Å².